The average Bonchev–Trinajstić information content (AvgIpc) is 3.14. The molecule has 0 spiro atoms. The zero-order chi connectivity index (χ0) is 13.9. The molecule has 2 aliphatic rings. The molecule has 0 unspecified atom stereocenters. The first kappa shape index (κ1) is 13.8. The molecule has 1 saturated carbocycles. The summed E-state index contributed by atoms with van der Waals surface area (Å²) in [6.07, 6.45) is 5.25. The molecule has 1 aliphatic heterocycles. The van der Waals surface area contributed by atoms with Crippen LogP contribution in [0, 0.1) is 0 Å². The fourth-order valence-electron chi connectivity index (χ4n) is 2.80. The predicted molar refractivity (Wildman–Crippen MR) is 77.5 cm³/mol. The minimum absolute atomic E-state index is 0.362. The summed E-state index contributed by atoms with van der Waals surface area (Å²) in [4.78, 5) is 20.9. The maximum Gasteiger partial charge on any atom is 0.357 e. The number of nitrogens with one attached hydrogen (secondary N) is 1. The van der Waals surface area contributed by atoms with Crippen molar-refractivity contribution in [3.8, 4) is 0 Å². The SMILES string of the molecule is COC(=O)c1nc(CSC2CCCC2)nc2c1CNC2. The molecule has 0 radical (unpaired) electrons. The van der Waals surface area contributed by atoms with E-state index in [1.807, 2.05) is 11.8 Å². The smallest absolute Gasteiger partial charge is 0.357 e. The number of hydrogen-bond donors (Lipinski definition) is 1. The van der Waals surface area contributed by atoms with Gasteiger partial charge in [-0.1, -0.05) is 12.8 Å². The minimum Gasteiger partial charge on any atom is -0.464 e. The summed E-state index contributed by atoms with van der Waals surface area (Å²) in [5.74, 6) is 1.17. The van der Waals surface area contributed by atoms with Gasteiger partial charge in [0, 0.05) is 23.9 Å². The molecule has 1 N–H and O–H groups in total. The van der Waals surface area contributed by atoms with E-state index in [9.17, 15) is 4.79 Å². The number of nitrogens with zero attached hydrogens (tertiary/aromatic N) is 2. The minimum atomic E-state index is -0.362. The van der Waals surface area contributed by atoms with Gasteiger partial charge in [-0.3, -0.25) is 0 Å². The number of fused-ring (bicyclic) bond motifs is 1. The van der Waals surface area contributed by atoms with Crippen LogP contribution in [0.4, 0.5) is 0 Å². The van der Waals surface area contributed by atoms with Crippen LogP contribution in [0.25, 0.3) is 0 Å². The van der Waals surface area contributed by atoms with Gasteiger partial charge in [0.25, 0.3) is 0 Å². The molecule has 1 aliphatic carbocycles. The van der Waals surface area contributed by atoms with Gasteiger partial charge < -0.3 is 10.1 Å². The van der Waals surface area contributed by atoms with Gasteiger partial charge in [-0.2, -0.15) is 11.8 Å². The van der Waals surface area contributed by atoms with Crippen molar-refractivity contribution in [2.24, 2.45) is 0 Å². The number of ether oxygens (including phenoxy) is 1. The molecule has 0 bridgehead atoms. The second-order valence-corrected chi connectivity index (χ2v) is 6.51. The van der Waals surface area contributed by atoms with E-state index in [-0.39, 0.29) is 5.97 Å². The Kier molecular flexibility index (Phi) is 4.21. The molecule has 5 nitrogen and oxygen atoms in total. The van der Waals surface area contributed by atoms with Crippen LogP contribution in [0.1, 0.15) is 53.3 Å². The summed E-state index contributed by atoms with van der Waals surface area (Å²) in [5, 5.41) is 3.94. The topological polar surface area (TPSA) is 64.1 Å². The van der Waals surface area contributed by atoms with E-state index in [0.29, 0.717) is 18.8 Å². The zero-order valence-electron chi connectivity index (χ0n) is 11.6. The highest BCUT2D eigenvalue weighted by Crippen LogP contribution is 2.31. The summed E-state index contributed by atoms with van der Waals surface area (Å²) < 4.78 is 4.83. The van der Waals surface area contributed by atoms with E-state index in [2.05, 4.69) is 15.3 Å². The lowest BCUT2D eigenvalue weighted by molar-refractivity contribution is 0.0592. The van der Waals surface area contributed by atoms with Gasteiger partial charge in [0.05, 0.1) is 18.6 Å². The largest absolute Gasteiger partial charge is 0.464 e. The Balaban J connectivity index is 1.78. The molecular weight excluding hydrogens is 274 g/mol. The van der Waals surface area contributed by atoms with Crippen LogP contribution in [0.2, 0.25) is 0 Å². The van der Waals surface area contributed by atoms with E-state index in [1.54, 1.807) is 0 Å². The molecule has 0 saturated heterocycles. The lowest BCUT2D eigenvalue weighted by Crippen LogP contribution is -2.13. The molecule has 0 atom stereocenters. The molecule has 1 aromatic rings. The Morgan fingerprint density at radius 2 is 2.15 bits per heavy atom. The highest BCUT2D eigenvalue weighted by molar-refractivity contribution is 7.99. The summed E-state index contributed by atoms with van der Waals surface area (Å²) in [5.41, 5.74) is 2.28. The highest BCUT2D eigenvalue weighted by atomic mass is 32.2. The van der Waals surface area contributed by atoms with Crippen LogP contribution in [-0.4, -0.2) is 28.3 Å². The molecule has 1 fully saturated rings. The Morgan fingerprint density at radius 3 is 2.90 bits per heavy atom. The molecule has 0 amide bonds. The first-order chi connectivity index (χ1) is 9.78. The molecule has 108 valence electrons. The zero-order valence-corrected chi connectivity index (χ0v) is 12.5. The van der Waals surface area contributed by atoms with Crippen LogP contribution in [-0.2, 0) is 23.6 Å². The van der Waals surface area contributed by atoms with Crippen LogP contribution in [0.3, 0.4) is 0 Å². The lowest BCUT2D eigenvalue weighted by Gasteiger charge is -2.10. The number of thioether (sulfide) groups is 1. The van der Waals surface area contributed by atoms with Gasteiger partial charge in [-0.25, -0.2) is 14.8 Å². The summed E-state index contributed by atoms with van der Waals surface area (Å²) in [6, 6.07) is 0. The Hall–Kier alpha value is -1.14. The van der Waals surface area contributed by atoms with Crippen molar-refractivity contribution in [3.05, 3.63) is 22.8 Å². The number of hydrogen-bond acceptors (Lipinski definition) is 6. The number of aromatic nitrogens is 2. The van der Waals surface area contributed by atoms with Gasteiger partial charge in [-0.15, -0.1) is 0 Å². The van der Waals surface area contributed by atoms with Crippen LogP contribution in [0.15, 0.2) is 0 Å². The van der Waals surface area contributed by atoms with Crippen molar-refractivity contribution in [3.63, 3.8) is 0 Å². The second-order valence-electron chi connectivity index (χ2n) is 5.23. The molecular formula is C14H19N3O2S. The van der Waals surface area contributed by atoms with Crippen LogP contribution >= 0.6 is 11.8 Å². The maximum absolute atomic E-state index is 11.8. The number of methoxy groups -OCH3 is 1. The number of carbonyl (C=O) groups is 1. The monoisotopic (exact) mass is 293 g/mol. The Morgan fingerprint density at radius 1 is 1.35 bits per heavy atom. The van der Waals surface area contributed by atoms with Gasteiger partial charge in [-0.05, 0) is 12.8 Å². The summed E-state index contributed by atoms with van der Waals surface area (Å²) >= 11 is 1.91. The lowest BCUT2D eigenvalue weighted by atomic mass is 10.2. The molecule has 20 heavy (non-hydrogen) atoms. The van der Waals surface area contributed by atoms with E-state index < -0.39 is 0 Å². The van der Waals surface area contributed by atoms with E-state index >= 15 is 0 Å². The fourth-order valence-corrected chi connectivity index (χ4v) is 3.98. The molecule has 0 aromatic carbocycles. The third-order valence-electron chi connectivity index (χ3n) is 3.86. The quantitative estimate of drug-likeness (QED) is 0.857. The van der Waals surface area contributed by atoms with E-state index in [0.717, 1.165) is 28.1 Å². The first-order valence-electron chi connectivity index (χ1n) is 7.07. The number of carbonyl (C=O) groups excluding carboxylic acids is 1. The van der Waals surface area contributed by atoms with Crippen molar-refractivity contribution < 1.29 is 9.53 Å². The van der Waals surface area contributed by atoms with Gasteiger partial charge in [0.15, 0.2) is 5.69 Å². The van der Waals surface area contributed by atoms with Gasteiger partial charge in [0.2, 0.25) is 0 Å². The maximum atomic E-state index is 11.8. The number of esters is 1. The number of rotatable bonds is 4. The summed E-state index contributed by atoms with van der Waals surface area (Å²) in [6.45, 7) is 1.36. The van der Waals surface area contributed by atoms with Crippen molar-refractivity contribution >= 4 is 17.7 Å². The average molecular weight is 293 g/mol. The van der Waals surface area contributed by atoms with Gasteiger partial charge in [0.1, 0.15) is 5.82 Å². The third-order valence-corrected chi connectivity index (χ3v) is 5.23. The Bertz CT molecular complexity index is 515. The fraction of sp³-hybridized carbons (Fsp3) is 0.643. The van der Waals surface area contributed by atoms with Crippen LogP contribution < -0.4 is 5.32 Å². The van der Waals surface area contributed by atoms with E-state index in [1.165, 1.54) is 32.8 Å². The molecule has 6 heteroatoms. The third kappa shape index (κ3) is 2.81. The van der Waals surface area contributed by atoms with E-state index in [4.69, 9.17) is 4.74 Å². The first-order valence-corrected chi connectivity index (χ1v) is 8.12. The molecule has 2 heterocycles. The standard InChI is InChI=1S/C14H19N3O2S/c1-19-14(18)13-10-6-15-7-11(10)16-12(17-13)8-20-9-4-2-3-5-9/h9,15H,2-8H2,1H3. The summed E-state index contributed by atoms with van der Waals surface area (Å²) in [7, 11) is 1.40. The predicted octanol–water partition coefficient (Wildman–Crippen LogP) is 2.04. The second kappa shape index (κ2) is 6.10. The van der Waals surface area contributed by atoms with Gasteiger partial charge >= 0.3 is 5.97 Å². The van der Waals surface area contributed by atoms with Crippen molar-refractivity contribution in [2.45, 2.75) is 49.8 Å². The highest BCUT2D eigenvalue weighted by Gasteiger charge is 2.24. The Labute approximate surface area is 122 Å². The van der Waals surface area contributed by atoms with Crippen molar-refractivity contribution in [2.75, 3.05) is 7.11 Å². The molecule has 3 rings (SSSR count). The van der Waals surface area contributed by atoms with Crippen LogP contribution in [0.5, 0.6) is 0 Å². The van der Waals surface area contributed by atoms with Crippen molar-refractivity contribution in [1.29, 1.82) is 0 Å². The molecule has 1 aromatic heterocycles. The normalized spacial score (nSPS) is 18.2. The van der Waals surface area contributed by atoms with Crippen molar-refractivity contribution in [1.82, 2.24) is 15.3 Å².